The van der Waals surface area contributed by atoms with Gasteiger partial charge in [0.15, 0.2) is 0 Å². The summed E-state index contributed by atoms with van der Waals surface area (Å²) in [5, 5.41) is 21.5. The Morgan fingerprint density at radius 1 is 1.24 bits per heavy atom. The first kappa shape index (κ1) is 17.0. The maximum absolute atomic E-state index is 11.1. The van der Waals surface area contributed by atoms with Gasteiger partial charge in [-0.05, 0) is 47.2 Å². The van der Waals surface area contributed by atoms with Crippen molar-refractivity contribution in [3.05, 3.63) is 59.7 Å². The van der Waals surface area contributed by atoms with Gasteiger partial charge in [0.2, 0.25) is 5.16 Å². The van der Waals surface area contributed by atoms with Crippen molar-refractivity contribution in [3.63, 3.8) is 0 Å². The predicted molar refractivity (Wildman–Crippen MR) is 93.3 cm³/mol. The molecule has 7 nitrogen and oxygen atoms in total. The van der Waals surface area contributed by atoms with Crippen LogP contribution >= 0.6 is 11.8 Å². The minimum absolute atomic E-state index is 0.263. The van der Waals surface area contributed by atoms with E-state index in [0.717, 1.165) is 11.3 Å². The summed E-state index contributed by atoms with van der Waals surface area (Å²) < 4.78 is 7.25. The number of thioether (sulfide) groups is 1. The van der Waals surface area contributed by atoms with Gasteiger partial charge in [-0.3, -0.25) is 0 Å². The molecule has 0 aliphatic carbocycles. The molecule has 3 rings (SSSR count). The molecular formula is C17H16N4O3S. The number of aromatic carboxylic acids is 1. The van der Waals surface area contributed by atoms with Crippen LogP contribution in [0.1, 0.15) is 22.8 Å². The third-order valence-electron chi connectivity index (χ3n) is 3.38. The Balaban J connectivity index is 1.81. The number of nitrogens with zero attached hydrogens (tertiary/aromatic N) is 4. The summed E-state index contributed by atoms with van der Waals surface area (Å²) >= 11 is 1.43. The van der Waals surface area contributed by atoms with E-state index < -0.39 is 5.97 Å². The van der Waals surface area contributed by atoms with Crippen LogP contribution in [-0.2, 0) is 5.75 Å². The topological polar surface area (TPSA) is 90.1 Å². The Labute approximate surface area is 148 Å². The van der Waals surface area contributed by atoms with E-state index in [1.807, 2.05) is 37.3 Å². The number of para-hydroxylation sites is 2. The molecule has 25 heavy (non-hydrogen) atoms. The van der Waals surface area contributed by atoms with Gasteiger partial charge >= 0.3 is 5.97 Å². The fourth-order valence-electron chi connectivity index (χ4n) is 2.27. The first-order valence-electron chi connectivity index (χ1n) is 7.64. The Hall–Kier alpha value is -2.87. The number of hydrogen-bond donors (Lipinski definition) is 1. The molecule has 2 aromatic carbocycles. The highest BCUT2D eigenvalue weighted by Gasteiger charge is 2.13. The lowest BCUT2D eigenvalue weighted by Gasteiger charge is -2.10. The summed E-state index contributed by atoms with van der Waals surface area (Å²) in [5.74, 6) is 0.313. The molecule has 8 heteroatoms. The normalized spacial score (nSPS) is 10.6. The Bertz CT molecular complexity index is 882. The van der Waals surface area contributed by atoms with Gasteiger partial charge in [-0.1, -0.05) is 36.0 Å². The fourth-order valence-corrected chi connectivity index (χ4v) is 3.10. The predicted octanol–water partition coefficient (Wildman–Crippen LogP) is 3.05. The number of benzene rings is 2. The zero-order valence-electron chi connectivity index (χ0n) is 13.5. The van der Waals surface area contributed by atoms with Gasteiger partial charge in [0, 0.05) is 5.75 Å². The second-order valence-electron chi connectivity index (χ2n) is 5.07. The van der Waals surface area contributed by atoms with E-state index in [9.17, 15) is 4.79 Å². The second kappa shape index (κ2) is 7.80. The molecule has 1 aromatic heterocycles. The van der Waals surface area contributed by atoms with Crippen molar-refractivity contribution >= 4 is 17.7 Å². The van der Waals surface area contributed by atoms with Crippen molar-refractivity contribution in [2.45, 2.75) is 17.8 Å². The third kappa shape index (κ3) is 3.97. The summed E-state index contributed by atoms with van der Waals surface area (Å²) in [6.45, 7) is 2.46. The van der Waals surface area contributed by atoms with Gasteiger partial charge in [0.25, 0.3) is 0 Å². The highest BCUT2D eigenvalue weighted by molar-refractivity contribution is 7.98. The summed E-state index contributed by atoms with van der Waals surface area (Å²) in [6, 6.07) is 14.4. The monoisotopic (exact) mass is 356 g/mol. The van der Waals surface area contributed by atoms with E-state index in [4.69, 9.17) is 9.84 Å². The molecular weight excluding hydrogens is 340 g/mol. The van der Waals surface area contributed by atoms with Crippen molar-refractivity contribution in [1.29, 1.82) is 0 Å². The van der Waals surface area contributed by atoms with Crippen LogP contribution < -0.4 is 4.74 Å². The van der Waals surface area contributed by atoms with Gasteiger partial charge in [-0.15, -0.1) is 5.10 Å². The van der Waals surface area contributed by atoms with Gasteiger partial charge < -0.3 is 9.84 Å². The van der Waals surface area contributed by atoms with Crippen LogP contribution in [0.3, 0.4) is 0 Å². The minimum Gasteiger partial charge on any atom is -0.492 e. The number of aromatic nitrogens is 4. The first-order valence-corrected chi connectivity index (χ1v) is 8.63. The molecule has 1 N–H and O–H groups in total. The molecule has 0 aliphatic heterocycles. The van der Waals surface area contributed by atoms with Crippen LogP contribution in [0.5, 0.6) is 5.75 Å². The largest absolute Gasteiger partial charge is 0.492 e. The van der Waals surface area contributed by atoms with Crippen LogP contribution in [0, 0.1) is 0 Å². The number of tetrazole rings is 1. The first-order chi connectivity index (χ1) is 12.2. The molecule has 1 heterocycles. The van der Waals surface area contributed by atoms with Crippen LogP contribution in [0.2, 0.25) is 0 Å². The summed E-state index contributed by atoms with van der Waals surface area (Å²) in [5.41, 5.74) is 1.91. The van der Waals surface area contributed by atoms with Gasteiger partial charge in [0.1, 0.15) is 11.4 Å². The number of ether oxygens (including phenoxy) is 1. The number of rotatable bonds is 7. The maximum Gasteiger partial charge on any atom is 0.335 e. The average molecular weight is 356 g/mol. The highest BCUT2D eigenvalue weighted by atomic mass is 32.2. The lowest BCUT2D eigenvalue weighted by Crippen LogP contribution is -2.03. The quantitative estimate of drug-likeness (QED) is 0.651. The molecule has 0 aliphatic rings. The SMILES string of the molecule is CCOc1ccccc1-n1nnnc1SCc1cccc(C(=O)O)c1. The van der Waals surface area contributed by atoms with Gasteiger partial charge in [-0.2, -0.15) is 4.68 Å². The number of carboxylic acid groups (broad SMARTS) is 1. The average Bonchev–Trinajstić information content (AvgIpc) is 3.09. The molecule has 128 valence electrons. The fraction of sp³-hybridized carbons (Fsp3) is 0.176. The van der Waals surface area contributed by atoms with Crippen molar-refractivity contribution in [2.75, 3.05) is 6.61 Å². The van der Waals surface area contributed by atoms with Crippen LogP contribution in [0.4, 0.5) is 0 Å². The zero-order valence-corrected chi connectivity index (χ0v) is 14.3. The van der Waals surface area contributed by atoms with E-state index in [1.165, 1.54) is 11.8 Å². The van der Waals surface area contributed by atoms with E-state index >= 15 is 0 Å². The Morgan fingerprint density at radius 2 is 2.08 bits per heavy atom. The maximum atomic E-state index is 11.1. The molecule has 0 radical (unpaired) electrons. The highest BCUT2D eigenvalue weighted by Crippen LogP contribution is 2.27. The summed E-state index contributed by atoms with van der Waals surface area (Å²) in [4.78, 5) is 11.1. The molecule has 0 saturated heterocycles. The Morgan fingerprint density at radius 3 is 2.88 bits per heavy atom. The van der Waals surface area contributed by atoms with E-state index in [1.54, 1.807) is 22.9 Å². The minimum atomic E-state index is -0.942. The molecule has 3 aromatic rings. The lowest BCUT2D eigenvalue weighted by molar-refractivity contribution is 0.0697. The van der Waals surface area contributed by atoms with Crippen molar-refractivity contribution in [2.24, 2.45) is 0 Å². The van der Waals surface area contributed by atoms with E-state index in [0.29, 0.717) is 23.3 Å². The number of hydrogen-bond acceptors (Lipinski definition) is 6. The van der Waals surface area contributed by atoms with Gasteiger partial charge in [0.05, 0.1) is 12.2 Å². The summed E-state index contributed by atoms with van der Waals surface area (Å²) in [7, 11) is 0. The Kier molecular flexibility index (Phi) is 5.30. The van der Waals surface area contributed by atoms with Crippen molar-refractivity contribution in [3.8, 4) is 11.4 Å². The zero-order chi connectivity index (χ0) is 17.6. The number of carbonyl (C=O) groups is 1. The summed E-state index contributed by atoms with van der Waals surface area (Å²) in [6.07, 6.45) is 0. The lowest BCUT2D eigenvalue weighted by atomic mass is 10.1. The second-order valence-corrected chi connectivity index (χ2v) is 6.01. The van der Waals surface area contributed by atoms with Crippen molar-refractivity contribution < 1.29 is 14.6 Å². The third-order valence-corrected chi connectivity index (χ3v) is 4.37. The van der Waals surface area contributed by atoms with Crippen molar-refractivity contribution in [1.82, 2.24) is 20.2 Å². The van der Waals surface area contributed by atoms with Gasteiger partial charge in [-0.25, -0.2) is 4.79 Å². The molecule has 0 saturated carbocycles. The molecule has 0 atom stereocenters. The smallest absolute Gasteiger partial charge is 0.335 e. The molecule has 0 fully saturated rings. The number of carboxylic acids is 1. The molecule has 0 unspecified atom stereocenters. The molecule has 0 spiro atoms. The standard InChI is InChI=1S/C17H16N4O3S/c1-2-24-15-9-4-3-8-14(15)21-17(18-19-20-21)25-11-12-6-5-7-13(10-12)16(22)23/h3-10H,2,11H2,1H3,(H,22,23). The molecule has 0 amide bonds. The van der Waals surface area contributed by atoms with E-state index in [2.05, 4.69) is 15.5 Å². The van der Waals surface area contributed by atoms with Crippen LogP contribution in [0.25, 0.3) is 5.69 Å². The molecule has 0 bridgehead atoms. The van der Waals surface area contributed by atoms with E-state index in [-0.39, 0.29) is 5.56 Å². The van der Waals surface area contributed by atoms with Crippen LogP contribution in [0.15, 0.2) is 53.7 Å². The van der Waals surface area contributed by atoms with Crippen LogP contribution in [-0.4, -0.2) is 37.9 Å².